The van der Waals surface area contributed by atoms with Gasteiger partial charge in [-0.25, -0.2) is 0 Å². The van der Waals surface area contributed by atoms with Gasteiger partial charge in [-0.3, -0.25) is 0 Å². The van der Waals surface area contributed by atoms with E-state index in [0.717, 1.165) is 12.0 Å². The van der Waals surface area contributed by atoms with Crippen LogP contribution in [0.25, 0.3) is 10.8 Å². The number of benzene rings is 2. The molecule has 1 saturated carbocycles. The summed E-state index contributed by atoms with van der Waals surface area (Å²) in [7, 11) is 0. The van der Waals surface area contributed by atoms with Gasteiger partial charge in [0.25, 0.3) is 0 Å². The average molecular weight is 251 g/mol. The highest BCUT2D eigenvalue weighted by Gasteiger charge is 2.36. The monoisotopic (exact) mass is 251 g/mol. The highest BCUT2D eigenvalue weighted by molar-refractivity contribution is 5.94. The number of fused-ring (bicyclic) bond motifs is 2. The van der Waals surface area contributed by atoms with Crippen molar-refractivity contribution in [1.82, 2.24) is 0 Å². The molecule has 2 aromatic carbocycles. The Labute approximate surface area is 115 Å². The SMILES string of the molecule is c1ccc2c(N3CCC4CCCCC43)cccc2c1. The van der Waals surface area contributed by atoms with E-state index < -0.39 is 0 Å². The number of anilines is 1. The van der Waals surface area contributed by atoms with Gasteiger partial charge in [-0.1, -0.05) is 49.2 Å². The second-order valence-electron chi connectivity index (χ2n) is 6.09. The van der Waals surface area contributed by atoms with E-state index in [-0.39, 0.29) is 0 Å². The summed E-state index contributed by atoms with van der Waals surface area (Å²) in [5.41, 5.74) is 1.47. The number of hydrogen-bond donors (Lipinski definition) is 0. The van der Waals surface area contributed by atoms with Crippen LogP contribution in [0.1, 0.15) is 32.1 Å². The molecule has 0 radical (unpaired) electrons. The number of rotatable bonds is 1. The minimum Gasteiger partial charge on any atom is -0.368 e. The normalized spacial score (nSPS) is 26.6. The Balaban J connectivity index is 1.78. The molecular weight excluding hydrogens is 230 g/mol. The van der Waals surface area contributed by atoms with Gasteiger partial charge in [0.2, 0.25) is 0 Å². The van der Waals surface area contributed by atoms with Gasteiger partial charge in [0.1, 0.15) is 0 Å². The van der Waals surface area contributed by atoms with E-state index in [4.69, 9.17) is 0 Å². The van der Waals surface area contributed by atoms with Gasteiger partial charge >= 0.3 is 0 Å². The van der Waals surface area contributed by atoms with Crippen LogP contribution in [0.3, 0.4) is 0 Å². The van der Waals surface area contributed by atoms with Gasteiger partial charge in [-0.05, 0) is 36.6 Å². The molecule has 1 saturated heterocycles. The van der Waals surface area contributed by atoms with Gasteiger partial charge in [0.15, 0.2) is 0 Å². The summed E-state index contributed by atoms with van der Waals surface area (Å²) in [6.45, 7) is 1.25. The zero-order valence-corrected chi connectivity index (χ0v) is 11.4. The molecule has 2 aromatic rings. The minimum absolute atomic E-state index is 0.805. The summed E-state index contributed by atoms with van der Waals surface area (Å²) in [5.74, 6) is 0.952. The molecular formula is C18H21N. The maximum absolute atomic E-state index is 2.70. The molecule has 19 heavy (non-hydrogen) atoms. The van der Waals surface area contributed by atoms with Crippen molar-refractivity contribution >= 4 is 16.5 Å². The van der Waals surface area contributed by atoms with E-state index in [9.17, 15) is 0 Å². The van der Waals surface area contributed by atoms with Gasteiger partial charge in [0, 0.05) is 23.7 Å². The van der Waals surface area contributed by atoms with Gasteiger partial charge in [0.05, 0.1) is 0 Å². The third-order valence-corrected chi connectivity index (χ3v) is 5.09. The maximum Gasteiger partial charge on any atom is 0.0448 e. The molecule has 4 rings (SSSR count). The average Bonchev–Trinajstić information content (AvgIpc) is 2.90. The Morgan fingerprint density at radius 3 is 2.68 bits per heavy atom. The Morgan fingerprint density at radius 2 is 1.68 bits per heavy atom. The zero-order valence-electron chi connectivity index (χ0n) is 11.4. The third kappa shape index (κ3) is 1.83. The first kappa shape index (κ1) is 11.3. The molecule has 2 fully saturated rings. The lowest BCUT2D eigenvalue weighted by atomic mass is 9.85. The van der Waals surface area contributed by atoms with Gasteiger partial charge in [-0.15, -0.1) is 0 Å². The Bertz CT molecular complexity index is 584. The Kier molecular flexibility index (Phi) is 2.72. The van der Waals surface area contributed by atoms with Crippen LogP contribution in [0.15, 0.2) is 42.5 Å². The summed E-state index contributed by atoms with van der Waals surface area (Å²) >= 11 is 0. The summed E-state index contributed by atoms with van der Waals surface area (Å²) in [6.07, 6.45) is 7.11. The van der Waals surface area contributed by atoms with Crippen molar-refractivity contribution in [3.8, 4) is 0 Å². The van der Waals surface area contributed by atoms with E-state index in [1.165, 1.54) is 55.1 Å². The van der Waals surface area contributed by atoms with E-state index >= 15 is 0 Å². The lowest BCUT2D eigenvalue weighted by molar-refractivity contribution is 0.342. The lowest BCUT2D eigenvalue weighted by Gasteiger charge is -2.33. The van der Waals surface area contributed by atoms with Crippen molar-refractivity contribution in [3.05, 3.63) is 42.5 Å². The molecule has 2 unspecified atom stereocenters. The van der Waals surface area contributed by atoms with Crippen LogP contribution in [0, 0.1) is 5.92 Å². The molecule has 0 amide bonds. The predicted molar refractivity (Wildman–Crippen MR) is 81.7 cm³/mol. The van der Waals surface area contributed by atoms with Crippen molar-refractivity contribution in [2.75, 3.05) is 11.4 Å². The first-order chi connectivity index (χ1) is 9.43. The van der Waals surface area contributed by atoms with Crippen molar-refractivity contribution in [3.63, 3.8) is 0 Å². The van der Waals surface area contributed by atoms with Gasteiger partial charge in [-0.2, -0.15) is 0 Å². The fraction of sp³-hybridized carbons (Fsp3) is 0.444. The van der Waals surface area contributed by atoms with E-state index in [2.05, 4.69) is 47.4 Å². The van der Waals surface area contributed by atoms with Crippen molar-refractivity contribution in [2.45, 2.75) is 38.1 Å². The molecule has 0 spiro atoms. The lowest BCUT2D eigenvalue weighted by Crippen LogP contribution is -2.34. The predicted octanol–water partition coefficient (Wildman–Crippen LogP) is 4.61. The standard InChI is InChI=1S/C18H21N/c1-3-9-16-14(6-1)8-5-11-18(16)19-13-12-15-7-2-4-10-17(15)19/h1,3,5-6,8-9,11,15,17H,2,4,7,10,12-13H2. The fourth-order valence-electron chi connectivity index (χ4n) is 4.16. The summed E-state index contributed by atoms with van der Waals surface area (Å²) < 4.78 is 0. The quantitative estimate of drug-likeness (QED) is 0.715. The Morgan fingerprint density at radius 1 is 0.842 bits per heavy atom. The highest BCUT2D eigenvalue weighted by Crippen LogP contribution is 2.40. The second-order valence-corrected chi connectivity index (χ2v) is 6.09. The zero-order chi connectivity index (χ0) is 12.7. The molecule has 0 bridgehead atoms. The first-order valence-corrected chi connectivity index (χ1v) is 7.68. The molecule has 1 heterocycles. The molecule has 2 atom stereocenters. The van der Waals surface area contributed by atoms with Crippen molar-refractivity contribution in [2.24, 2.45) is 5.92 Å². The maximum atomic E-state index is 2.70. The van der Waals surface area contributed by atoms with Crippen LogP contribution in [0.5, 0.6) is 0 Å². The van der Waals surface area contributed by atoms with Gasteiger partial charge < -0.3 is 4.90 Å². The molecule has 0 N–H and O–H groups in total. The largest absolute Gasteiger partial charge is 0.368 e. The minimum atomic E-state index is 0.805. The van der Waals surface area contributed by atoms with Crippen molar-refractivity contribution < 1.29 is 0 Å². The van der Waals surface area contributed by atoms with Crippen LogP contribution >= 0.6 is 0 Å². The summed E-state index contributed by atoms with van der Waals surface area (Å²) in [4.78, 5) is 2.70. The Hall–Kier alpha value is -1.50. The second kappa shape index (κ2) is 4.56. The fourth-order valence-corrected chi connectivity index (χ4v) is 4.16. The molecule has 1 heteroatoms. The smallest absolute Gasteiger partial charge is 0.0448 e. The van der Waals surface area contributed by atoms with E-state index in [0.29, 0.717) is 0 Å². The van der Waals surface area contributed by atoms with Crippen LogP contribution in [0.2, 0.25) is 0 Å². The van der Waals surface area contributed by atoms with E-state index in [1.54, 1.807) is 0 Å². The summed E-state index contributed by atoms with van der Waals surface area (Å²) in [5, 5.41) is 2.80. The first-order valence-electron chi connectivity index (χ1n) is 7.68. The molecule has 2 aliphatic rings. The number of nitrogens with zero attached hydrogens (tertiary/aromatic N) is 1. The highest BCUT2D eigenvalue weighted by atomic mass is 15.2. The third-order valence-electron chi connectivity index (χ3n) is 5.09. The van der Waals surface area contributed by atoms with E-state index in [1.807, 2.05) is 0 Å². The number of hydrogen-bond acceptors (Lipinski definition) is 1. The molecule has 98 valence electrons. The summed E-state index contributed by atoms with van der Waals surface area (Å²) in [6, 6.07) is 16.4. The van der Waals surface area contributed by atoms with Crippen LogP contribution in [0.4, 0.5) is 5.69 Å². The van der Waals surface area contributed by atoms with Crippen LogP contribution in [-0.2, 0) is 0 Å². The molecule has 1 aliphatic carbocycles. The van der Waals surface area contributed by atoms with Crippen molar-refractivity contribution in [1.29, 1.82) is 0 Å². The topological polar surface area (TPSA) is 3.24 Å². The van der Waals surface area contributed by atoms with Crippen LogP contribution < -0.4 is 4.90 Å². The molecule has 1 nitrogen and oxygen atoms in total. The van der Waals surface area contributed by atoms with Crippen LogP contribution in [-0.4, -0.2) is 12.6 Å². The molecule has 0 aromatic heterocycles. The molecule has 1 aliphatic heterocycles.